The Morgan fingerprint density at radius 1 is 1.43 bits per heavy atom. The van der Waals surface area contributed by atoms with E-state index in [2.05, 4.69) is 9.97 Å². The van der Waals surface area contributed by atoms with Gasteiger partial charge in [0.1, 0.15) is 17.5 Å². The number of imidazole rings is 1. The molecule has 0 saturated carbocycles. The van der Waals surface area contributed by atoms with Crippen LogP contribution in [-0.2, 0) is 6.42 Å². The van der Waals surface area contributed by atoms with E-state index in [1.54, 1.807) is 10.6 Å². The van der Waals surface area contributed by atoms with Gasteiger partial charge in [0, 0.05) is 18.0 Å². The number of phenolic OH excluding ortho intramolecular Hbond substituents is 1. The Kier molecular flexibility index (Phi) is 3.54. The molecule has 0 aliphatic carbocycles. The first kappa shape index (κ1) is 14.7. The number of benzene rings is 1. The van der Waals surface area contributed by atoms with Crippen LogP contribution in [0.5, 0.6) is 5.75 Å². The maximum atomic E-state index is 12.9. The van der Waals surface area contributed by atoms with E-state index in [0.717, 1.165) is 5.56 Å². The molecule has 6 nitrogen and oxygen atoms in total. The lowest BCUT2D eigenvalue weighted by atomic mass is 10.0. The Morgan fingerprint density at radius 2 is 2.22 bits per heavy atom. The van der Waals surface area contributed by atoms with Gasteiger partial charge in [0.2, 0.25) is 11.6 Å². The third kappa shape index (κ3) is 2.42. The number of hydrogen-bond donors (Lipinski definition) is 1. The van der Waals surface area contributed by atoms with Crippen LogP contribution in [0.15, 0.2) is 30.6 Å². The number of aromatic nitrogens is 3. The molecule has 0 spiro atoms. The second kappa shape index (κ2) is 5.54. The lowest BCUT2D eigenvalue weighted by Crippen LogP contribution is -2.09. The molecule has 2 heterocycles. The fourth-order valence-electron chi connectivity index (χ4n) is 2.47. The van der Waals surface area contributed by atoms with Gasteiger partial charge >= 0.3 is 0 Å². The Balaban J connectivity index is 2.21. The first-order valence-electron chi connectivity index (χ1n) is 7.16. The minimum atomic E-state index is -0.252. The molecular weight excluding hydrogens is 292 g/mol. The summed E-state index contributed by atoms with van der Waals surface area (Å²) in [6.07, 6.45) is 4.10. The van der Waals surface area contributed by atoms with E-state index in [-0.39, 0.29) is 17.1 Å². The van der Waals surface area contributed by atoms with Crippen LogP contribution >= 0.6 is 0 Å². The topological polar surface area (TPSA) is 91.3 Å². The normalized spacial score (nSPS) is 10.7. The summed E-state index contributed by atoms with van der Waals surface area (Å²) in [4.78, 5) is 21.5. The summed E-state index contributed by atoms with van der Waals surface area (Å²) >= 11 is 0. The van der Waals surface area contributed by atoms with Crippen molar-refractivity contribution in [3.8, 4) is 11.8 Å². The number of nitrogens with zero attached hydrogens (tertiary/aromatic N) is 4. The van der Waals surface area contributed by atoms with Crippen molar-refractivity contribution in [1.82, 2.24) is 14.4 Å². The number of hydrogen-bond acceptors (Lipinski definition) is 5. The van der Waals surface area contributed by atoms with Crippen molar-refractivity contribution in [3.05, 3.63) is 58.7 Å². The van der Waals surface area contributed by atoms with Gasteiger partial charge in [-0.05, 0) is 37.1 Å². The Morgan fingerprint density at radius 3 is 2.91 bits per heavy atom. The predicted octanol–water partition coefficient (Wildman–Crippen LogP) is 2.41. The van der Waals surface area contributed by atoms with Gasteiger partial charge in [-0.3, -0.25) is 9.20 Å². The van der Waals surface area contributed by atoms with Gasteiger partial charge < -0.3 is 5.11 Å². The molecule has 6 heteroatoms. The quantitative estimate of drug-likeness (QED) is 0.750. The highest BCUT2D eigenvalue weighted by Gasteiger charge is 2.21. The summed E-state index contributed by atoms with van der Waals surface area (Å²) in [6, 6.07) is 6.11. The van der Waals surface area contributed by atoms with Gasteiger partial charge in [-0.1, -0.05) is 6.92 Å². The minimum absolute atomic E-state index is 0.0667. The zero-order chi connectivity index (χ0) is 16.6. The Labute approximate surface area is 132 Å². The molecule has 114 valence electrons. The molecular formula is C17H14N4O2. The second-order valence-electron chi connectivity index (χ2n) is 5.23. The number of aromatic hydroxyl groups is 1. The van der Waals surface area contributed by atoms with E-state index < -0.39 is 0 Å². The molecule has 3 aromatic rings. The molecule has 0 amide bonds. The van der Waals surface area contributed by atoms with E-state index in [4.69, 9.17) is 5.26 Å². The van der Waals surface area contributed by atoms with Crippen molar-refractivity contribution >= 4 is 11.6 Å². The lowest BCUT2D eigenvalue weighted by Gasteiger charge is -2.05. The van der Waals surface area contributed by atoms with Crippen LogP contribution in [0.2, 0.25) is 0 Å². The second-order valence-corrected chi connectivity index (χ2v) is 5.23. The average Bonchev–Trinajstić information content (AvgIpc) is 2.92. The van der Waals surface area contributed by atoms with Crippen molar-refractivity contribution in [1.29, 1.82) is 5.26 Å². The maximum absolute atomic E-state index is 12.9. The van der Waals surface area contributed by atoms with Crippen molar-refractivity contribution < 1.29 is 9.90 Å². The fraction of sp³-hybridized carbons (Fsp3) is 0.176. The summed E-state index contributed by atoms with van der Waals surface area (Å²) in [5.74, 6) is 0.0729. The van der Waals surface area contributed by atoms with E-state index in [9.17, 15) is 9.90 Å². The number of nitriles is 1. The number of carbonyl (C=O) groups is 1. The highest BCUT2D eigenvalue weighted by Crippen LogP contribution is 2.22. The molecule has 0 bridgehead atoms. The highest BCUT2D eigenvalue weighted by atomic mass is 16.3. The highest BCUT2D eigenvalue weighted by molar-refractivity contribution is 6.09. The van der Waals surface area contributed by atoms with Crippen molar-refractivity contribution in [2.75, 3.05) is 0 Å². The third-order valence-electron chi connectivity index (χ3n) is 3.61. The van der Waals surface area contributed by atoms with Gasteiger partial charge in [0.05, 0.1) is 11.3 Å². The molecule has 0 radical (unpaired) electrons. The van der Waals surface area contributed by atoms with Crippen molar-refractivity contribution in [2.24, 2.45) is 0 Å². The number of aryl methyl sites for hydroxylation is 2. The molecule has 0 unspecified atom stereocenters. The monoisotopic (exact) mass is 306 g/mol. The third-order valence-corrected chi connectivity index (χ3v) is 3.61. The number of fused-ring (bicyclic) bond motifs is 1. The molecule has 1 N–H and O–H groups in total. The predicted molar refractivity (Wildman–Crippen MR) is 83.4 cm³/mol. The van der Waals surface area contributed by atoms with Crippen molar-refractivity contribution in [2.45, 2.75) is 20.3 Å². The van der Waals surface area contributed by atoms with Crippen LogP contribution in [0.1, 0.15) is 39.8 Å². The van der Waals surface area contributed by atoms with E-state index in [1.165, 1.54) is 18.2 Å². The largest absolute Gasteiger partial charge is 0.507 e. The molecule has 0 fully saturated rings. The minimum Gasteiger partial charge on any atom is -0.507 e. The van der Waals surface area contributed by atoms with Crippen LogP contribution in [-0.4, -0.2) is 25.3 Å². The average molecular weight is 306 g/mol. The number of phenols is 1. The Bertz CT molecular complexity index is 967. The number of ketones is 1. The van der Waals surface area contributed by atoms with Crippen molar-refractivity contribution in [3.63, 3.8) is 0 Å². The first-order valence-corrected chi connectivity index (χ1v) is 7.16. The lowest BCUT2D eigenvalue weighted by molar-refractivity contribution is 0.103. The summed E-state index contributed by atoms with van der Waals surface area (Å²) < 4.78 is 1.68. The number of rotatable bonds is 3. The molecule has 1 aromatic carbocycles. The van der Waals surface area contributed by atoms with Gasteiger partial charge in [0.25, 0.3) is 0 Å². The fourth-order valence-corrected chi connectivity index (χ4v) is 2.47. The molecule has 0 aliphatic rings. The van der Waals surface area contributed by atoms with E-state index in [1.807, 2.05) is 26.1 Å². The van der Waals surface area contributed by atoms with Crippen LogP contribution in [0.3, 0.4) is 0 Å². The first-order chi connectivity index (χ1) is 11.0. The standard InChI is InChI=1S/C17H14N4O2/c1-3-13-15(21-9-10(2)8-19-17(21)20-13)16(23)11-4-5-14(22)12(6-11)7-18/h4-6,8-9,22H,3H2,1-2H3. The van der Waals surface area contributed by atoms with Crippen LogP contribution in [0, 0.1) is 18.3 Å². The van der Waals surface area contributed by atoms with Gasteiger partial charge in [-0.25, -0.2) is 9.97 Å². The van der Waals surface area contributed by atoms with Crippen LogP contribution in [0.4, 0.5) is 0 Å². The molecule has 23 heavy (non-hydrogen) atoms. The summed E-state index contributed by atoms with van der Waals surface area (Å²) in [5, 5.41) is 18.6. The summed E-state index contributed by atoms with van der Waals surface area (Å²) in [6.45, 7) is 3.81. The van der Waals surface area contributed by atoms with Crippen LogP contribution < -0.4 is 0 Å². The number of carbonyl (C=O) groups excluding carboxylic acids is 1. The van der Waals surface area contributed by atoms with E-state index in [0.29, 0.717) is 29.1 Å². The smallest absolute Gasteiger partial charge is 0.234 e. The molecule has 2 aromatic heterocycles. The SMILES string of the molecule is CCc1nc2ncc(C)cn2c1C(=O)c1ccc(O)c(C#N)c1. The molecule has 3 rings (SSSR count). The van der Waals surface area contributed by atoms with Crippen LogP contribution in [0.25, 0.3) is 5.78 Å². The molecule has 0 atom stereocenters. The Hall–Kier alpha value is -3.20. The van der Waals surface area contributed by atoms with Gasteiger partial charge in [-0.2, -0.15) is 5.26 Å². The zero-order valence-corrected chi connectivity index (χ0v) is 12.7. The summed E-state index contributed by atoms with van der Waals surface area (Å²) in [5.41, 5.74) is 2.40. The summed E-state index contributed by atoms with van der Waals surface area (Å²) in [7, 11) is 0. The molecule has 0 saturated heterocycles. The maximum Gasteiger partial charge on any atom is 0.234 e. The zero-order valence-electron chi connectivity index (χ0n) is 12.7. The van der Waals surface area contributed by atoms with Gasteiger partial charge in [-0.15, -0.1) is 0 Å². The van der Waals surface area contributed by atoms with E-state index >= 15 is 0 Å². The van der Waals surface area contributed by atoms with Gasteiger partial charge in [0.15, 0.2) is 0 Å². The molecule has 0 aliphatic heterocycles.